The van der Waals surface area contributed by atoms with Gasteiger partial charge in [-0.1, -0.05) is 23.2 Å². The fraction of sp³-hybridized carbons (Fsp3) is 0.476. The van der Waals surface area contributed by atoms with Gasteiger partial charge in [-0.2, -0.15) is 0 Å². The number of benzene rings is 1. The number of pyridine rings is 1. The van der Waals surface area contributed by atoms with Gasteiger partial charge in [-0.05, 0) is 51.7 Å². The van der Waals surface area contributed by atoms with Gasteiger partial charge in [0.25, 0.3) is 0 Å². The summed E-state index contributed by atoms with van der Waals surface area (Å²) in [6, 6.07) is 6.21. The number of phenolic OH excluding ortho intramolecular Hbond substituents is 1. The smallest absolute Gasteiger partial charge is 0.249 e. The van der Waals surface area contributed by atoms with Gasteiger partial charge in [-0.3, -0.25) is 4.79 Å². The van der Waals surface area contributed by atoms with E-state index in [0.29, 0.717) is 10.6 Å². The number of H-pyrrole nitrogens is 1. The maximum absolute atomic E-state index is 12.9. The number of phenols is 1. The van der Waals surface area contributed by atoms with Crippen LogP contribution in [0.25, 0.3) is 0 Å². The van der Waals surface area contributed by atoms with Gasteiger partial charge in [-0.25, -0.2) is 0 Å². The van der Waals surface area contributed by atoms with Crippen molar-refractivity contribution in [1.29, 1.82) is 0 Å². The van der Waals surface area contributed by atoms with Crippen LogP contribution in [0, 0.1) is 5.92 Å². The highest BCUT2D eigenvalue weighted by molar-refractivity contribution is 7.90. The number of aromatic hydroxyl groups is 1. The van der Waals surface area contributed by atoms with Gasteiger partial charge in [0.15, 0.2) is 0 Å². The lowest BCUT2D eigenvalue weighted by atomic mass is 9.85. The van der Waals surface area contributed by atoms with Crippen molar-refractivity contribution in [3.8, 4) is 5.75 Å². The second-order valence-electron chi connectivity index (χ2n) is 8.54. The number of nitrogens with zero attached hydrogens (tertiary/aromatic N) is 1. The van der Waals surface area contributed by atoms with Gasteiger partial charge in [0, 0.05) is 54.0 Å². The van der Waals surface area contributed by atoms with Crippen molar-refractivity contribution in [3.63, 3.8) is 0 Å². The lowest BCUT2D eigenvalue weighted by molar-refractivity contribution is 0.317. The molecule has 164 valence electrons. The Morgan fingerprint density at radius 1 is 1.23 bits per heavy atom. The Hall–Kier alpha value is -1.38. The lowest BCUT2D eigenvalue weighted by Crippen LogP contribution is -2.45. The summed E-state index contributed by atoms with van der Waals surface area (Å²) in [6.45, 7) is 7.19. The highest BCUT2D eigenvalue weighted by atomic mass is 35.5. The summed E-state index contributed by atoms with van der Waals surface area (Å²) in [5, 5.41) is 11.2. The summed E-state index contributed by atoms with van der Waals surface area (Å²) in [4.78, 5) is 16.4. The van der Waals surface area contributed by atoms with Gasteiger partial charge in [0.05, 0.1) is 16.1 Å². The fourth-order valence-corrected chi connectivity index (χ4v) is 4.86. The van der Waals surface area contributed by atoms with Crippen molar-refractivity contribution >= 4 is 40.3 Å². The molecule has 0 spiro atoms. The summed E-state index contributed by atoms with van der Waals surface area (Å²) in [6.07, 6.45) is 3.24. The molecule has 3 N–H and O–H groups in total. The van der Waals surface area contributed by atoms with E-state index >= 15 is 0 Å². The number of nitrogens with one attached hydrogen (secondary N) is 2. The largest absolute Gasteiger partial charge is 0.598 e. The zero-order valence-corrected chi connectivity index (χ0v) is 19.6. The highest BCUT2D eigenvalue weighted by Crippen LogP contribution is 2.40. The van der Waals surface area contributed by atoms with Crippen molar-refractivity contribution in [2.75, 3.05) is 18.0 Å². The quantitative estimate of drug-likeness (QED) is 0.562. The van der Waals surface area contributed by atoms with Crippen molar-refractivity contribution in [1.82, 2.24) is 9.71 Å². The number of hydrogen-bond donors (Lipinski definition) is 3. The Morgan fingerprint density at radius 2 is 1.87 bits per heavy atom. The minimum atomic E-state index is -1.33. The Morgan fingerprint density at radius 3 is 2.47 bits per heavy atom. The standard InChI is InChI=1S/C21H27Cl2N3O3S/c1-21(2,3)30(29)25-20(15-11-16(22)17(23)12-18(15)27)13-5-8-26(9-6-13)14-4-7-24-19(28)10-14/h4,7,10-13,20,25,27H,5-6,8-9H2,1-3H3,(H,24,28)/t20?,30-/m0/s1. The molecule has 1 aromatic carbocycles. The molecule has 1 aromatic heterocycles. The minimum absolute atomic E-state index is 0.0323. The molecule has 2 atom stereocenters. The molecular formula is C21H27Cl2N3O3S. The molecule has 2 aromatic rings. The Balaban J connectivity index is 1.84. The third kappa shape index (κ3) is 5.45. The van der Waals surface area contributed by atoms with Crippen LogP contribution in [0.15, 0.2) is 35.3 Å². The average molecular weight is 472 g/mol. The first-order valence-electron chi connectivity index (χ1n) is 9.86. The maximum atomic E-state index is 12.9. The van der Waals surface area contributed by atoms with Crippen LogP contribution in [0.5, 0.6) is 5.75 Å². The Kier molecular flexibility index (Phi) is 7.30. The predicted molar refractivity (Wildman–Crippen MR) is 124 cm³/mol. The van der Waals surface area contributed by atoms with Gasteiger partial charge in [0.1, 0.15) is 10.5 Å². The molecule has 0 bridgehead atoms. The molecular weight excluding hydrogens is 445 g/mol. The molecule has 30 heavy (non-hydrogen) atoms. The van der Waals surface area contributed by atoms with E-state index in [2.05, 4.69) is 14.6 Å². The molecule has 2 heterocycles. The zero-order valence-electron chi connectivity index (χ0n) is 17.2. The third-order valence-corrected chi connectivity index (χ3v) is 7.63. The van der Waals surface area contributed by atoms with Crippen LogP contribution in [0.2, 0.25) is 10.0 Å². The van der Waals surface area contributed by atoms with E-state index in [1.807, 2.05) is 26.8 Å². The summed E-state index contributed by atoms with van der Waals surface area (Å²) in [7, 11) is 0. The summed E-state index contributed by atoms with van der Waals surface area (Å²) in [5.74, 6) is 0.155. The molecule has 0 saturated carbocycles. The molecule has 1 fully saturated rings. The van der Waals surface area contributed by atoms with Crippen LogP contribution >= 0.6 is 23.2 Å². The topological polar surface area (TPSA) is 91.4 Å². The minimum Gasteiger partial charge on any atom is -0.598 e. The second-order valence-corrected chi connectivity index (χ2v) is 11.3. The van der Waals surface area contributed by atoms with Gasteiger partial charge in [0.2, 0.25) is 5.56 Å². The third-order valence-electron chi connectivity index (χ3n) is 5.33. The number of aromatic amines is 1. The average Bonchev–Trinajstić information content (AvgIpc) is 2.68. The van der Waals surface area contributed by atoms with Crippen molar-refractivity contribution < 1.29 is 9.66 Å². The van der Waals surface area contributed by atoms with E-state index in [9.17, 15) is 14.5 Å². The number of piperidine rings is 1. The molecule has 3 rings (SSSR count). The van der Waals surface area contributed by atoms with Crippen molar-refractivity contribution in [3.05, 3.63) is 56.4 Å². The lowest BCUT2D eigenvalue weighted by Gasteiger charge is -2.38. The monoisotopic (exact) mass is 471 g/mol. The molecule has 9 heteroatoms. The van der Waals surface area contributed by atoms with E-state index in [1.165, 1.54) is 6.07 Å². The van der Waals surface area contributed by atoms with Crippen LogP contribution in [-0.4, -0.2) is 32.5 Å². The molecule has 0 amide bonds. The van der Waals surface area contributed by atoms with Gasteiger partial charge in [-0.15, -0.1) is 4.72 Å². The van der Waals surface area contributed by atoms with Gasteiger partial charge >= 0.3 is 0 Å². The SMILES string of the molecule is CC(C)(C)[S@+]([O-])NC(c1cc(Cl)c(Cl)cc1O)C1CCN(c2cc[nH]c(=O)c2)CC1. The van der Waals surface area contributed by atoms with Crippen LogP contribution in [0.3, 0.4) is 0 Å². The highest BCUT2D eigenvalue weighted by Gasteiger charge is 2.36. The summed E-state index contributed by atoms with van der Waals surface area (Å²) in [5.41, 5.74) is 1.35. The number of halogens is 2. The van der Waals surface area contributed by atoms with Crippen molar-refractivity contribution in [2.24, 2.45) is 5.92 Å². The first-order valence-corrected chi connectivity index (χ1v) is 11.8. The number of rotatable bonds is 5. The molecule has 0 aliphatic carbocycles. The molecule has 1 saturated heterocycles. The molecule has 1 aliphatic rings. The van der Waals surface area contributed by atoms with Crippen LogP contribution in [-0.2, 0) is 11.4 Å². The van der Waals surface area contributed by atoms with E-state index in [-0.39, 0.29) is 28.3 Å². The number of anilines is 1. The van der Waals surface area contributed by atoms with Gasteiger partial charge < -0.3 is 19.5 Å². The number of aromatic nitrogens is 1. The Labute approximate surface area is 189 Å². The van der Waals surface area contributed by atoms with E-state index in [1.54, 1.807) is 18.3 Å². The van der Waals surface area contributed by atoms with Crippen LogP contribution in [0.4, 0.5) is 5.69 Å². The van der Waals surface area contributed by atoms with E-state index in [4.69, 9.17) is 23.2 Å². The van der Waals surface area contributed by atoms with Crippen LogP contribution < -0.4 is 15.2 Å². The maximum Gasteiger partial charge on any atom is 0.249 e. The van der Waals surface area contributed by atoms with Crippen LogP contribution in [0.1, 0.15) is 45.2 Å². The zero-order chi connectivity index (χ0) is 22.1. The number of hydrogen-bond acceptors (Lipinski definition) is 5. The normalized spacial score (nSPS) is 17.7. The predicted octanol–water partition coefficient (Wildman–Crippen LogP) is 4.40. The fourth-order valence-electron chi connectivity index (χ4n) is 3.63. The molecule has 6 nitrogen and oxygen atoms in total. The summed E-state index contributed by atoms with van der Waals surface area (Å²) < 4.78 is 15.7. The van der Waals surface area contributed by atoms with E-state index < -0.39 is 16.1 Å². The molecule has 0 radical (unpaired) electrons. The first-order chi connectivity index (χ1) is 14.1. The van der Waals surface area contributed by atoms with Crippen molar-refractivity contribution in [2.45, 2.75) is 44.4 Å². The Bertz CT molecular complexity index is 940. The molecule has 1 unspecified atom stereocenters. The summed E-state index contributed by atoms with van der Waals surface area (Å²) >= 11 is 10.9. The first kappa shape index (κ1) is 23.3. The molecule has 1 aliphatic heterocycles. The second kappa shape index (κ2) is 9.40. The van der Waals surface area contributed by atoms with E-state index in [0.717, 1.165) is 31.6 Å².